The molecule has 1 amide bonds. The van der Waals surface area contributed by atoms with Crippen molar-refractivity contribution in [2.45, 2.75) is 29.6 Å². The van der Waals surface area contributed by atoms with Gasteiger partial charge in [0.05, 0.1) is 23.0 Å². The Bertz CT molecular complexity index is 1240. The first kappa shape index (κ1) is 26.3. The van der Waals surface area contributed by atoms with Crippen molar-refractivity contribution in [2.24, 2.45) is 0 Å². The summed E-state index contributed by atoms with van der Waals surface area (Å²) in [5, 5.41) is 19.1. The minimum Gasteiger partial charge on any atom is -0.465 e. The monoisotopic (exact) mass is 624 g/mol. The highest BCUT2D eigenvalue weighted by Gasteiger charge is 2.37. The molecule has 3 rings (SSSR count). The van der Waals surface area contributed by atoms with Crippen LogP contribution in [0.15, 0.2) is 56.3 Å². The molecule has 1 aliphatic rings. The largest absolute Gasteiger partial charge is 0.465 e. The van der Waals surface area contributed by atoms with Gasteiger partial charge in [-0.3, -0.25) is 4.90 Å². The Morgan fingerprint density at radius 2 is 1.97 bits per heavy atom. The maximum atomic E-state index is 13.1. The van der Waals surface area contributed by atoms with Gasteiger partial charge in [0.1, 0.15) is 0 Å². The number of nitriles is 1. The van der Waals surface area contributed by atoms with Crippen LogP contribution < -0.4 is 9.62 Å². The van der Waals surface area contributed by atoms with E-state index >= 15 is 0 Å². The molecule has 1 heterocycles. The highest BCUT2D eigenvalue weighted by atomic mass is 79.9. The predicted octanol–water partition coefficient (Wildman–Crippen LogP) is 4.62. The second-order valence-electron chi connectivity index (χ2n) is 7.48. The number of rotatable bonds is 6. The number of nitrogens with zero attached hydrogens (tertiary/aromatic N) is 3. The fourth-order valence-electron chi connectivity index (χ4n) is 3.62. The molecule has 0 radical (unpaired) electrons. The molecule has 0 spiro atoms. The van der Waals surface area contributed by atoms with E-state index in [-0.39, 0.29) is 30.1 Å². The first-order valence-corrected chi connectivity index (χ1v) is 12.7. The standard InChI is InChI=1S/C20H17Br2F3N4O4S/c21-13-4-5-17(22)18(7-13)34(32,33)27-14-8-16(28(9-14)11-26)10-29(19(30)31)15-3-1-2-12(6-15)20(23,24)25/h1-7,14,16,27H,8-10H2,(H,30,31)/t14-,16-/m1/s1. The van der Waals surface area contributed by atoms with Crippen molar-refractivity contribution in [1.82, 2.24) is 9.62 Å². The zero-order chi connectivity index (χ0) is 25.3. The molecular formula is C20H17Br2F3N4O4S. The Labute approximate surface area is 210 Å². The van der Waals surface area contributed by atoms with E-state index in [0.717, 1.165) is 12.1 Å². The summed E-state index contributed by atoms with van der Waals surface area (Å²) < 4.78 is 68.3. The first-order valence-electron chi connectivity index (χ1n) is 9.63. The Kier molecular flexibility index (Phi) is 7.81. The van der Waals surface area contributed by atoms with Gasteiger partial charge in [-0.1, -0.05) is 22.0 Å². The molecule has 14 heteroatoms. The zero-order valence-corrected chi connectivity index (χ0v) is 21.1. The van der Waals surface area contributed by atoms with Gasteiger partial charge in [0.15, 0.2) is 6.19 Å². The molecule has 0 aliphatic carbocycles. The van der Waals surface area contributed by atoms with Crippen LogP contribution in [-0.4, -0.2) is 49.7 Å². The van der Waals surface area contributed by atoms with Gasteiger partial charge < -0.3 is 10.0 Å². The third kappa shape index (κ3) is 6.01. The third-order valence-electron chi connectivity index (χ3n) is 5.16. The van der Waals surface area contributed by atoms with E-state index in [2.05, 4.69) is 36.6 Å². The maximum Gasteiger partial charge on any atom is 0.416 e. The lowest BCUT2D eigenvalue weighted by atomic mass is 10.1. The van der Waals surface area contributed by atoms with E-state index in [4.69, 9.17) is 0 Å². The van der Waals surface area contributed by atoms with Crippen LogP contribution in [0, 0.1) is 11.5 Å². The molecule has 0 saturated carbocycles. The normalized spacial score (nSPS) is 18.5. The molecule has 8 nitrogen and oxygen atoms in total. The number of hydrogen-bond donors (Lipinski definition) is 2. The maximum absolute atomic E-state index is 13.1. The van der Waals surface area contributed by atoms with Crippen LogP contribution in [0.2, 0.25) is 0 Å². The second-order valence-corrected chi connectivity index (χ2v) is 10.9. The highest BCUT2D eigenvalue weighted by molar-refractivity contribution is 9.11. The topological polar surface area (TPSA) is 114 Å². The molecule has 2 aromatic carbocycles. The average molecular weight is 626 g/mol. The number of hydrogen-bond acceptors (Lipinski definition) is 5. The smallest absolute Gasteiger partial charge is 0.416 e. The summed E-state index contributed by atoms with van der Waals surface area (Å²) >= 11 is 6.41. The summed E-state index contributed by atoms with van der Waals surface area (Å²) in [5.74, 6) is 0. The Morgan fingerprint density at radius 3 is 2.59 bits per heavy atom. The molecular weight excluding hydrogens is 609 g/mol. The number of carboxylic acid groups (broad SMARTS) is 1. The Balaban J connectivity index is 1.80. The summed E-state index contributed by atoms with van der Waals surface area (Å²) in [6.07, 6.45) is -4.18. The predicted molar refractivity (Wildman–Crippen MR) is 123 cm³/mol. The van der Waals surface area contributed by atoms with E-state index < -0.39 is 39.9 Å². The minimum absolute atomic E-state index is 0.0232. The Hall–Kier alpha value is -2.34. The number of anilines is 1. The third-order valence-corrected chi connectivity index (χ3v) is 8.16. The van der Waals surface area contributed by atoms with Crippen LogP contribution in [0.5, 0.6) is 0 Å². The molecule has 182 valence electrons. The fraction of sp³-hybridized carbons (Fsp3) is 0.300. The van der Waals surface area contributed by atoms with E-state index in [1.165, 1.54) is 17.0 Å². The first-order chi connectivity index (χ1) is 15.8. The molecule has 0 bridgehead atoms. The van der Waals surface area contributed by atoms with Crippen molar-refractivity contribution in [3.8, 4) is 6.19 Å². The van der Waals surface area contributed by atoms with E-state index in [1.807, 2.05) is 6.19 Å². The number of halogens is 5. The summed E-state index contributed by atoms with van der Waals surface area (Å²) in [7, 11) is -3.99. The van der Waals surface area contributed by atoms with Crippen molar-refractivity contribution < 1.29 is 31.5 Å². The minimum atomic E-state index is -4.66. The molecule has 1 saturated heterocycles. The van der Waals surface area contributed by atoms with Crippen molar-refractivity contribution >= 4 is 53.7 Å². The number of nitrogens with one attached hydrogen (secondary N) is 1. The molecule has 34 heavy (non-hydrogen) atoms. The van der Waals surface area contributed by atoms with Gasteiger partial charge in [0.25, 0.3) is 0 Å². The van der Waals surface area contributed by atoms with Crippen LogP contribution in [0.3, 0.4) is 0 Å². The van der Waals surface area contributed by atoms with Crippen molar-refractivity contribution in [2.75, 3.05) is 18.0 Å². The van der Waals surface area contributed by atoms with Gasteiger partial charge >= 0.3 is 12.3 Å². The molecule has 1 fully saturated rings. The van der Waals surface area contributed by atoms with Gasteiger partial charge in [0.2, 0.25) is 10.0 Å². The summed E-state index contributed by atoms with van der Waals surface area (Å²) in [5.41, 5.74) is -1.22. The van der Waals surface area contributed by atoms with Crippen LogP contribution in [0.1, 0.15) is 12.0 Å². The van der Waals surface area contributed by atoms with Crippen molar-refractivity contribution in [3.63, 3.8) is 0 Å². The Morgan fingerprint density at radius 1 is 1.26 bits per heavy atom. The number of carbonyl (C=O) groups is 1. The van der Waals surface area contributed by atoms with Gasteiger partial charge in [-0.25, -0.2) is 17.9 Å². The number of alkyl halides is 3. The molecule has 2 aromatic rings. The lowest BCUT2D eigenvalue weighted by molar-refractivity contribution is -0.137. The van der Waals surface area contributed by atoms with E-state index in [0.29, 0.717) is 19.9 Å². The van der Waals surface area contributed by atoms with Crippen LogP contribution in [0.25, 0.3) is 0 Å². The van der Waals surface area contributed by atoms with Gasteiger partial charge in [-0.2, -0.15) is 18.4 Å². The number of likely N-dealkylation sites (tertiary alicyclic amines) is 1. The SMILES string of the molecule is N#CN1C[C@H](NS(=O)(=O)c2cc(Br)ccc2Br)C[C@@H]1CN(C(=O)O)c1cccc(C(F)(F)F)c1. The fourth-order valence-corrected chi connectivity index (χ4v) is 6.36. The molecule has 2 atom stereocenters. The van der Waals surface area contributed by atoms with Crippen LogP contribution >= 0.6 is 31.9 Å². The quantitative estimate of drug-likeness (QED) is 0.453. The number of benzene rings is 2. The molecule has 0 unspecified atom stereocenters. The van der Waals surface area contributed by atoms with Crippen molar-refractivity contribution in [1.29, 1.82) is 5.26 Å². The summed E-state index contributed by atoms with van der Waals surface area (Å²) in [6.45, 7) is -0.356. The second kappa shape index (κ2) is 10.1. The molecule has 1 aliphatic heterocycles. The molecule has 2 N–H and O–H groups in total. The lowest BCUT2D eigenvalue weighted by Crippen LogP contribution is -2.41. The zero-order valence-electron chi connectivity index (χ0n) is 17.1. The average Bonchev–Trinajstić information content (AvgIpc) is 3.13. The summed E-state index contributed by atoms with van der Waals surface area (Å²) in [4.78, 5) is 13.7. The van der Waals surface area contributed by atoms with E-state index in [9.17, 15) is 36.8 Å². The summed E-state index contributed by atoms with van der Waals surface area (Å²) in [6, 6.07) is 6.99. The number of amides is 1. The lowest BCUT2D eigenvalue weighted by Gasteiger charge is -2.26. The van der Waals surface area contributed by atoms with Gasteiger partial charge in [-0.15, -0.1) is 0 Å². The molecule has 0 aromatic heterocycles. The number of sulfonamides is 1. The van der Waals surface area contributed by atoms with Crippen LogP contribution in [-0.2, 0) is 16.2 Å². The van der Waals surface area contributed by atoms with Gasteiger partial charge in [0, 0.05) is 27.2 Å². The highest BCUT2D eigenvalue weighted by Crippen LogP contribution is 2.32. The van der Waals surface area contributed by atoms with E-state index in [1.54, 1.807) is 12.1 Å². The van der Waals surface area contributed by atoms with Crippen molar-refractivity contribution in [3.05, 3.63) is 57.0 Å². The van der Waals surface area contributed by atoms with Gasteiger partial charge in [-0.05, 0) is 58.7 Å². The van der Waals surface area contributed by atoms with Crippen LogP contribution in [0.4, 0.5) is 23.7 Å².